The molecule has 0 fully saturated rings. The predicted octanol–water partition coefficient (Wildman–Crippen LogP) is 4.71. The Kier molecular flexibility index (Phi) is 8.76. The number of nitrogens with zero attached hydrogens (tertiary/aromatic N) is 1. The molecule has 0 aromatic heterocycles. The first kappa shape index (κ1) is 24.9. The number of carbonyl (C=O) groups excluding carboxylic acids is 1. The van der Waals surface area contributed by atoms with Crippen LogP contribution >= 0.6 is 11.6 Å². The molecule has 1 N–H and O–H groups in total. The van der Waals surface area contributed by atoms with Gasteiger partial charge in [-0.05, 0) is 30.2 Å². The van der Waals surface area contributed by atoms with E-state index in [9.17, 15) is 14.7 Å². The van der Waals surface area contributed by atoms with E-state index in [-0.39, 0.29) is 35.4 Å². The largest absolute Gasteiger partial charge is 0.493 e. The van der Waals surface area contributed by atoms with Gasteiger partial charge in [-0.2, -0.15) is 0 Å². The molecule has 178 valence electrons. The lowest BCUT2D eigenvalue weighted by atomic mass is 10.1. The molecule has 0 bridgehead atoms. The second kappa shape index (κ2) is 12.0. The third-order valence-electron chi connectivity index (χ3n) is 5.25. The number of halogens is 1. The van der Waals surface area contributed by atoms with Gasteiger partial charge >= 0.3 is 5.97 Å². The molecule has 0 saturated carbocycles. The van der Waals surface area contributed by atoms with E-state index in [1.807, 2.05) is 42.5 Å². The smallest absolute Gasteiger partial charge is 0.339 e. The monoisotopic (exact) mass is 483 g/mol. The van der Waals surface area contributed by atoms with Crippen LogP contribution in [0.25, 0.3) is 0 Å². The molecule has 0 atom stereocenters. The Labute approximate surface area is 203 Å². The maximum Gasteiger partial charge on any atom is 0.339 e. The highest BCUT2D eigenvalue weighted by Crippen LogP contribution is 2.32. The van der Waals surface area contributed by atoms with Crippen molar-refractivity contribution in [1.29, 1.82) is 0 Å². The highest BCUT2D eigenvalue weighted by atomic mass is 35.5. The van der Waals surface area contributed by atoms with Crippen molar-refractivity contribution in [2.24, 2.45) is 0 Å². The number of carbonyl (C=O) groups is 2. The van der Waals surface area contributed by atoms with Crippen LogP contribution in [0.4, 0.5) is 0 Å². The van der Waals surface area contributed by atoms with Crippen LogP contribution in [-0.2, 0) is 17.8 Å². The van der Waals surface area contributed by atoms with Gasteiger partial charge in [0.1, 0.15) is 5.56 Å². The highest BCUT2D eigenvalue weighted by molar-refractivity contribution is 6.32. The Morgan fingerprint density at radius 3 is 2.32 bits per heavy atom. The SMILES string of the molecule is COc1cccc(CN(CCc2ccccc2)C(=O)COc2c(Cl)cccc2C(=O)O)c1OC. The molecule has 0 aliphatic heterocycles. The summed E-state index contributed by atoms with van der Waals surface area (Å²) >= 11 is 6.14. The maximum absolute atomic E-state index is 13.2. The molecule has 7 nitrogen and oxygen atoms in total. The first-order valence-electron chi connectivity index (χ1n) is 10.6. The van der Waals surface area contributed by atoms with Gasteiger partial charge < -0.3 is 24.2 Å². The number of carboxylic acid groups (broad SMARTS) is 1. The summed E-state index contributed by atoms with van der Waals surface area (Å²) in [7, 11) is 3.10. The van der Waals surface area contributed by atoms with Crippen molar-refractivity contribution in [3.8, 4) is 17.2 Å². The van der Waals surface area contributed by atoms with Crippen molar-refractivity contribution in [2.75, 3.05) is 27.4 Å². The molecule has 0 heterocycles. The first-order chi connectivity index (χ1) is 16.4. The number of aromatic carboxylic acids is 1. The molecular weight excluding hydrogens is 458 g/mol. The molecule has 3 aromatic carbocycles. The van der Waals surface area contributed by atoms with E-state index in [0.717, 1.165) is 11.1 Å². The second-order valence-electron chi connectivity index (χ2n) is 7.41. The molecule has 0 aliphatic carbocycles. The first-order valence-corrected chi connectivity index (χ1v) is 11.0. The summed E-state index contributed by atoms with van der Waals surface area (Å²) in [6, 6.07) is 19.7. The summed E-state index contributed by atoms with van der Waals surface area (Å²) < 4.78 is 16.5. The number of carboxylic acids is 1. The minimum atomic E-state index is -1.19. The Morgan fingerprint density at radius 2 is 1.65 bits per heavy atom. The molecule has 0 unspecified atom stereocenters. The van der Waals surface area contributed by atoms with Crippen LogP contribution in [0, 0.1) is 0 Å². The van der Waals surface area contributed by atoms with Crippen molar-refractivity contribution in [3.63, 3.8) is 0 Å². The normalized spacial score (nSPS) is 10.4. The zero-order chi connectivity index (χ0) is 24.5. The van der Waals surface area contributed by atoms with Crippen LogP contribution in [0.5, 0.6) is 17.2 Å². The molecular formula is C26H26ClNO6. The number of amides is 1. The Bertz CT molecular complexity index is 1140. The van der Waals surface area contributed by atoms with E-state index in [1.54, 1.807) is 25.2 Å². The van der Waals surface area contributed by atoms with Crippen LogP contribution in [0.2, 0.25) is 5.02 Å². The Balaban J connectivity index is 1.82. The highest BCUT2D eigenvalue weighted by Gasteiger charge is 2.21. The van der Waals surface area contributed by atoms with Gasteiger partial charge in [-0.1, -0.05) is 60.1 Å². The fourth-order valence-corrected chi connectivity index (χ4v) is 3.76. The van der Waals surface area contributed by atoms with E-state index in [2.05, 4.69) is 0 Å². The van der Waals surface area contributed by atoms with Crippen LogP contribution in [-0.4, -0.2) is 49.3 Å². The number of para-hydroxylation sites is 2. The lowest BCUT2D eigenvalue weighted by Crippen LogP contribution is -2.36. The van der Waals surface area contributed by atoms with Crippen molar-refractivity contribution >= 4 is 23.5 Å². The van der Waals surface area contributed by atoms with Gasteiger partial charge in [0.05, 0.1) is 19.2 Å². The fraction of sp³-hybridized carbons (Fsp3) is 0.231. The zero-order valence-electron chi connectivity index (χ0n) is 19.0. The minimum Gasteiger partial charge on any atom is -0.493 e. The van der Waals surface area contributed by atoms with E-state index < -0.39 is 5.97 Å². The summed E-state index contributed by atoms with van der Waals surface area (Å²) in [5, 5.41) is 9.54. The minimum absolute atomic E-state index is 0.0352. The van der Waals surface area contributed by atoms with Crippen molar-refractivity contribution in [3.05, 3.63) is 88.4 Å². The number of hydrogen-bond donors (Lipinski definition) is 1. The van der Waals surface area contributed by atoms with Gasteiger partial charge in [-0.15, -0.1) is 0 Å². The average Bonchev–Trinajstić information content (AvgIpc) is 2.85. The number of ether oxygens (including phenoxy) is 3. The summed E-state index contributed by atoms with van der Waals surface area (Å²) in [6.45, 7) is 0.301. The summed E-state index contributed by atoms with van der Waals surface area (Å²) in [5.74, 6) is -0.437. The molecule has 3 rings (SSSR count). The van der Waals surface area contributed by atoms with E-state index in [0.29, 0.717) is 24.5 Å². The number of methoxy groups -OCH3 is 2. The van der Waals surface area contributed by atoms with Crippen molar-refractivity contribution < 1.29 is 28.9 Å². The maximum atomic E-state index is 13.2. The van der Waals surface area contributed by atoms with E-state index in [1.165, 1.54) is 18.2 Å². The lowest BCUT2D eigenvalue weighted by molar-refractivity contribution is -0.134. The lowest BCUT2D eigenvalue weighted by Gasteiger charge is -2.25. The third kappa shape index (κ3) is 6.20. The molecule has 3 aromatic rings. The summed E-state index contributed by atoms with van der Waals surface area (Å²) in [6.07, 6.45) is 0.630. The quantitative estimate of drug-likeness (QED) is 0.425. The van der Waals surface area contributed by atoms with Crippen molar-refractivity contribution in [2.45, 2.75) is 13.0 Å². The molecule has 0 spiro atoms. The van der Waals surface area contributed by atoms with E-state index >= 15 is 0 Å². The van der Waals surface area contributed by atoms with E-state index in [4.69, 9.17) is 25.8 Å². The van der Waals surface area contributed by atoms with Gasteiger partial charge in [0.2, 0.25) is 0 Å². The third-order valence-corrected chi connectivity index (χ3v) is 5.55. The molecule has 34 heavy (non-hydrogen) atoms. The summed E-state index contributed by atoms with van der Waals surface area (Å²) in [5.41, 5.74) is 1.75. The van der Waals surface area contributed by atoms with Crippen molar-refractivity contribution in [1.82, 2.24) is 4.90 Å². The topological polar surface area (TPSA) is 85.3 Å². The van der Waals surface area contributed by atoms with Gasteiger partial charge in [0, 0.05) is 18.7 Å². The number of rotatable bonds is 11. The van der Waals surface area contributed by atoms with Crippen LogP contribution in [0.15, 0.2) is 66.7 Å². The van der Waals surface area contributed by atoms with Gasteiger partial charge in [-0.3, -0.25) is 4.79 Å². The molecule has 0 aliphatic rings. The fourth-order valence-electron chi connectivity index (χ4n) is 3.53. The van der Waals surface area contributed by atoms with Crippen LogP contribution in [0.3, 0.4) is 0 Å². The molecule has 8 heteroatoms. The second-order valence-corrected chi connectivity index (χ2v) is 7.82. The van der Waals surface area contributed by atoms with Gasteiger partial charge in [0.15, 0.2) is 23.9 Å². The van der Waals surface area contributed by atoms with Crippen LogP contribution < -0.4 is 14.2 Å². The Hall–Kier alpha value is -3.71. The summed E-state index contributed by atoms with van der Waals surface area (Å²) in [4.78, 5) is 26.4. The predicted molar refractivity (Wildman–Crippen MR) is 129 cm³/mol. The van der Waals surface area contributed by atoms with Gasteiger partial charge in [-0.25, -0.2) is 4.79 Å². The Morgan fingerprint density at radius 1 is 0.912 bits per heavy atom. The standard InChI is InChI=1S/C26H26ClNO6/c1-32-22-13-6-10-19(24(22)33-2)16-28(15-14-18-8-4-3-5-9-18)23(29)17-34-25-20(26(30)31)11-7-12-21(25)27/h3-13H,14-17H2,1-2H3,(H,30,31). The number of benzene rings is 3. The van der Waals surface area contributed by atoms with Crippen LogP contribution in [0.1, 0.15) is 21.5 Å². The number of hydrogen-bond acceptors (Lipinski definition) is 5. The molecule has 0 saturated heterocycles. The average molecular weight is 484 g/mol. The van der Waals surface area contributed by atoms with Gasteiger partial charge in [0.25, 0.3) is 5.91 Å². The molecule has 0 radical (unpaired) electrons. The zero-order valence-corrected chi connectivity index (χ0v) is 19.7. The molecule has 1 amide bonds.